The Morgan fingerprint density at radius 3 is 2.21 bits per heavy atom. The van der Waals surface area contributed by atoms with Crippen LogP contribution in [0.1, 0.15) is 49.3 Å². The molecule has 1 aliphatic rings. The fourth-order valence-corrected chi connectivity index (χ4v) is 6.76. The summed E-state index contributed by atoms with van der Waals surface area (Å²) in [6.45, 7) is 5.19. The molecule has 1 N–H and O–H groups in total. The summed E-state index contributed by atoms with van der Waals surface area (Å²) in [5.74, 6) is -0.124. The Labute approximate surface area is 254 Å². The van der Waals surface area contributed by atoms with E-state index in [0.717, 1.165) is 46.7 Å². The number of benzene rings is 3. The van der Waals surface area contributed by atoms with Crippen molar-refractivity contribution in [2.75, 3.05) is 25.1 Å². The van der Waals surface area contributed by atoms with E-state index in [1.807, 2.05) is 38.1 Å². The number of hydrogen-bond donors (Lipinski definition) is 1. The third-order valence-electron chi connectivity index (χ3n) is 7.85. The number of methoxy groups -OCH3 is 2. The molecule has 0 spiro atoms. The summed E-state index contributed by atoms with van der Waals surface area (Å²) in [4.78, 5) is 28.9. The number of hydrogen-bond acceptors (Lipinski definition) is 6. The molecule has 4 rings (SSSR count). The lowest BCUT2D eigenvalue weighted by molar-refractivity contribution is -0.139. The molecular formula is C33H41N3O6S. The summed E-state index contributed by atoms with van der Waals surface area (Å²) in [6, 6.07) is 18.2. The average molecular weight is 608 g/mol. The highest BCUT2D eigenvalue weighted by atomic mass is 32.2. The van der Waals surface area contributed by atoms with Gasteiger partial charge in [-0.1, -0.05) is 60.4 Å². The smallest absolute Gasteiger partial charge is 0.264 e. The molecule has 0 saturated heterocycles. The Hall–Kier alpha value is -4.05. The third-order valence-corrected chi connectivity index (χ3v) is 9.62. The monoisotopic (exact) mass is 607 g/mol. The number of nitrogens with one attached hydrogen (secondary N) is 1. The summed E-state index contributed by atoms with van der Waals surface area (Å²) < 4.78 is 40.0. The standard InChI is InChI=1S/C33H41N3O6S/c1-23-13-15-28(16-14-23)36(43(39,40)29-17-18-30(41-4)31(20-29)42-5)22-32(37)35(21-26-10-8-9-24(2)19-26)25(3)33(38)34-27-11-6-7-12-27/h8-10,13-20,25,27H,6-7,11-12,21-22H2,1-5H3,(H,34,38). The highest BCUT2D eigenvalue weighted by molar-refractivity contribution is 7.92. The van der Waals surface area contributed by atoms with Crippen molar-refractivity contribution >= 4 is 27.5 Å². The number of nitrogens with zero attached hydrogens (tertiary/aromatic N) is 2. The minimum atomic E-state index is -4.25. The number of anilines is 1. The lowest BCUT2D eigenvalue weighted by atomic mass is 10.1. The van der Waals surface area contributed by atoms with Crippen LogP contribution in [0.15, 0.2) is 71.6 Å². The van der Waals surface area contributed by atoms with Crippen LogP contribution in [0.3, 0.4) is 0 Å². The van der Waals surface area contributed by atoms with Crippen LogP contribution in [0.25, 0.3) is 0 Å². The van der Waals surface area contributed by atoms with Gasteiger partial charge in [0.1, 0.15) is 12.6 Å². The van der Waals surface area contributed by atoms with Crippen LogP contribution in [-0.2, 0) is 26.2 Å². The van der Waals surface area contributed by atoms with Crippen LogP contribution < -0.4 is 19.1 Å². The first kappa shape index (κ1) is 31.9. The Morgan fingerprint density at radius 1 is 0.907 bits per heavy atom. The Bertz CT molecular complexity index is 1530. The molecule has 1 saturated carbocycles. The van der Waals surface area contributed by atoms with Crippen molar-refractivity contribution in [2.45, 2.75) is 70.0 Å². The van der Waals surface area contributed by atoms with E-state index in [0.29, 0.717) is 11.4 Å². The minimum Gasteiger partial charge on any atom is -0.493 e. The maximum atomic E-state index is 14.2. The number of aryl methyl sites for hydroxylation is 2. The first-order chi connectivity index (χ1) is 20.5. The SMILES string of the molecule is COc1ccc(S(=O)(=O)N(CC(=O)N(Cc2cccc(C)c2)C(C)C(=O)NC2CCCC2)c2ccc(C)cc2)cc1OC. The molecule has 10 heteroatoms. The molecule has 2 amide bonds. The van der Waals surface area contributed by atoms with Crippen LogP contribution in [0.5, 0.6) is 11.5 Å². The van der Waals surface area contributed by atoms with Gasteiger partial charge in [-0.3, -0.25) is 13.9 Å². The highest BCUT2D eigenvalue weighted by Crippen LogP contribution is 2.32. The van der Waals surface area contributed by atoms with E-state index in [1.165, 1.54) is 37.3 Å². The molecule has 230 valence electrons. The van der Waals surface area contributed by atoms with Gasteiger partial charge < -0.3 is 19.7 Å². The maximum absolute atomic E-state index is 14.2. The molecule has 0 aromatic heterocycles. The molecule has 1 atom stereocenters. The predicted molar refractivity (Wildman–Crippen MR) is 167 cm³/mol. The van der Waals surface area contributed by atoms with Gasteiger partial charge in [-0.2, -0.15) is 0 Å². The van der Waals surface area contributed by atoms with Gasteiger partial charge >= 0.3 is 0 Å². The second kappa shape index (κ2) is 13.9. The first-order valence-corrected chi connectivity index (χ1v) is 15.9. The Kier molecular flexibility index (Phi) is 10.3. The number of rotatable bonds is 12. The molecule has 3 aromatic rings. The molecule has 0 heterocycles. The van der Waals surface area contributed by atoms with E-state index in [-0.39, 0.29) is 29.1 Å². The predicted octanol–water partition coefficient (Wildman–Crippen LogP) is 4.99. The van der Waals surface area contributed by atoms with Gasteiger partial charge in [-0.25, -0.2) is 8.42 Å². The molecule has 3 aromatic carbocycles. The molecule has 43 heavy (non-hydrogen) atoms. The fourth-order valence-electron chi connectivity index (χ4n) is 5.33. The lowest BCUT2D eigenvalue weighted by Crippen LogP contribution is -2.52. The number of amides is 2. The minimum absolute atomic E-state index is 0.0595. The fraction of sp³-hybridized carbons (Fsp3) is 0.394. The van der Waals surface area contributed by atoms with Crippen molar-refractivity contribution < 1.29 is 27.5 Å². The summed E-state index contributed by atoms with van der Waals surface area (Å²) in [5, 5.41) is 3.09. The number of carbonyl (C=O) groups excluding carboxylic acids is 2. The number of carbonyl (C=O) groups is 2. The maximum Gasteiger partial charge on any atom is 0.264 e. The quantitative estimate of drug-likeness (QED) is 0.311. The molecule has 9 nitrogen and oxygen atoms in total. The van der Waals surface area contributed by atoms with Gasteiger partial charge in [0.2, 0.25) is 11.8 Å². The van der Waals surface area contributed by atoms with Crippen molar-refractivity contribution in [1.82, 2.24) is 10.2 Å². The zero-order valence-electron chi connectivity index (χ0n) is 25.5. The van der Waals surface area contributed by atoms with Crippen molar-refractivity contribution in [1.29, 1.82) is 0 Å². The van der Waals surface area contributed by atoms with Crippen molar-refractivity contribution in [3.63, 3.8) is 0 Å². The van der Waals surface area contributed by atoms with Crippen LogP contribution in [0, 0.1) is 13.8 Å². The van der Waals surface area contributed by atoms with Crippen LogP contribution in [0.4, 0.5) is 5.69 Å². The van der Waals surface area contributed by atoms with Crippen molar-refractivity contribution in [3.8, 4) is 11.5 Å². The van der Waals surface area contributed by atoms with E-state index in [9.17, 15) is 18.0 Å². The topological polar surface area (TPSA) is 105 Å². The van der Waals surface area contributed by atoms with Crippen LogP contribution in [0.2, 0.25) is 0 Å². The lowest BCUT2D eigenvalue weighted by Gasteiger charge is -2.32. The molecule has 1 unspecified atom stereocenters. The summed E-state index contributed by atoms with van der Waals surface area (Å²) >= 11 is 0. The van der Waals surface area contributed by atoms with E-state index < -0.39 is 28.5 Å². The largest absolute Gasteiger partial charge is 0.493 e. The van der Waals surface area contributed by atoms with Gasteiger partial charge in [0, 0.05) is 18.7 Å². The highest BCUT2D eigenvalue weighted by Gasteiger charge is 2.33. The zero-order chi connectivity index (χ0) is 31.1. The van der Waals surface area contributed by atoms with Crippen LogP contribution in [-0.4, -0.2) is 58.0 Å². The Balaban J connectivity index is 1.71. The summed E-state index contributed by atoms with van der Waals surface area (Å²) in [7, 11) is -1.35. The average Bonchev–Trinajstić information content (AvgIpc) is 3.51. The molecular weight excluding hydrogens is 566 g/mol. The number of ether oxygens (including phenoxy) is 2. The molecule has 0 bridgehead atoms. The first-order valence-electron chi connectivity index (χ1n) is 14.5. The molecule has 0 radical (unpaired) electrons. The second-order valence-corrected chi connectivity index (χ2v) is 12.9. The summed E-state index contributed by atoms with van der Waals surface area (Å²) in [6.07, 6.45) is 3.94. The third kappa shape index (κ3) is 7.67. The normalized spacial score (nSPS) is 14.2. The van der Waals surface area contributed by atoms with Gasteiger partial charge in [-0.05, 0) is 63.4 Å². The molecule has 0 aliphatic heterocycles. The van der Waals surface area contributed by atoms with E-state index >= 15 is 0 Å². The van der Waals surface area contributed by atoms with Gasteiger partial charge in [0.25, 0.3) is 10.0 Å². The van der Waals surface area contributed by atoms with Crippen molar-refractivity contribution in [3.05, 3.63) is 83.4 Å². The van der Waals surface area contributed by atoms with E-state index in [4.69, 9.17) is 9.47 Å². The zero-order valence-corrected chi connectivity index (χ0v) is 26.3. The molecule has 1 aliphatic carbocycles. The number of sulfonamides is 1. The molecule has 1 fully saturated rings. The van der Waals surface area contributed by atoms with Crippen LogP contribution >= 0.6 is 0 Å². The van der Waals surface area contributed by atoms with E-state index in [1.54, 1.807) is 31.2 Å². The van der Waals surface area contributed by atoms with Gasteiger partial charge in [0.15, 0.2) is 11.5 Å². The van der Waals surface area contributed by atoms with E-state index in [2.05, 4.69) is 5.32 Å². The summed E-state index contributed by atoms with van der Waals surface area (Å²) in [5.41, 5.74) is 3.13. The van der Waals surface area contributed by atoms with Gasteiger partial charge in [0.05, 0.1) is 24.8 Å². The van der Waals surface area contributed by atoms with Crippen molar-refractivity contribution in [2.24, 2.45) is 0 Å². The van der Waals surface area contributed by atoms with Gasteiger partial charge in [-0.15, -0.1) is 0 Å². The Morgan fingerprint density at radius 2 is 1.58 bits per heavy atom. The second-order valence-electron chi connectivity index (χ2n) is 11.0.